The lowest BCUT2D eigenvalue weighted by Crippen LogP contribution is -1.97. The predicted molar refractivity (Wildman–Crippen MR) is 75.3 cm³/mol. The maximum Gasteiger partial charge on any atom is 0.189 e. The van der Waals surface area contributed by atoms with Gasteiger partial charge in [-0.25, -0.2) is 0 Å². The summed E-state index contributed by atoms with van der Waals surface area (Å²) in [5.74, 6) is -0.103. The fourth-order valence-corrected chi connectivity index (χ4v) is 2.40. The average molecular weight is 258 g/mol. The zero-order chi connectivity index (χ0) is 13.1. The molecule has 18 heavy (non-hydrogen) atoms. The highest BCUT2D eigenvalue weighted by Crippen LogP contribution is 2.24. The third-order valence-electron chi connectivity index (χ3n) is 2.65. The number of rotatable bonds is 3. The van der Waals surface area contributed by atoms with Crippen molar-refractivity contribution in [1.82, 2.24) is 0 Å². The number of aryl methyl sites for hydroxylation is 2. The second-order valence-corrected chi connectivity index (χ2v) is 5.17. The maximum absolute atomic E-state index is 12.0. The van der Waals surface area contributed by atoms with Gasteiger partial charge in [0.05, 0.1) is 5.56 Å². The van der Waals surface area contributed by atoms with E-state index >= 15 is 0 Å². The molecule has 0 bridgehead atoms. The highest BCUT2D eigenvalue weighted by molar-refractivity contribution is 7.10. The summed E-state index contributed by atoms with van der Waals surface area (Å²) < 4.78 is 0. The summed E-state index contributed by atoms with van der Waals surface area (Å²) in [6.07, 6.45) is 3.27. The molecule has 1 aromatic heterocycles. The third kappa shape index (κ3) is 2.68. The number of thiophene rings is 1. The Labute approximate surface area is 110 Å². The minimum atomic E-state index is -0.173. The molecular formula is C15H14O2S. The van der Waals surface area contributed by atoms with E-state index in [4.69, 9.17) is 0 Å². The first-order valence-corrected chi connectivity index (χ1v) is 6.52. The second-order valence-electron chi connectivity index (χ2n) is 4.19. The summed E-state index contributed by atoms with van der Waals surface area (Å²) in [6, 6.07) is 7.44. The zero-order valence-electron chi connectivity index (χ0n) is 10.3. The van der Waals surface area contributed by atoms with Gasteiger partial charge in [0.25, 0.3) is 0 Å². The van der Waals surface area contributed by atoms with Crippen LogP contribution in [0.15, 0.2) is 35.7 Å². The van der Waals surface area contributed by atoms with Gasteiger partial charge in [0.2, 0.25) is 0 Å². The van der Waals surface area contributed by atoms with E-state index in [0.717, 1.165) is 16.0 Å². The Morgan fingerprint density at radius 1 is 1.33 bits per heavy atom. The van der Waals surface area contributed by atoms with E-state index in [0.29, 0.717) is 5.56 Å². The molecule has 1 N–H and O–H groups in total. The van der Waals surface area contributed by atoms with Gasteiger partial charge < -0.3 is 5.11 Å². The van der Waals surface area contributed by atoms with Gasteiger partial charge in [0.15, 0.2) is 5.78 Å². The standard InChI is InChI=1S/C15H14O2S/c1-10-8-11(2)15(17)13(9-10)14(16)6-5-12-4-3-7-18-12/h3-9,17H,1-2H3/b6-5+. The summed E-state index contributed by atoms with van der Waals surface area (Å²) in [7, 11) is 0. The molecule has 0 aliphatic heterocycles. The minimum absolute atomic E-state index is 0.0708. The number of allylic oxidation sites excluding steroid dienone is 1. The first kappa shape index (κ1) is 12.6. The van der Waals surface area contributed by atoms with Gasteiger partial charge in [-0.15, -0.1) is 11.3 Å². The monoisotopic (exact) mass is 258 g/mol. The molecule has 0 aliphatic carbocycles. The van der Waals surface area contributed by atoms with Gasteiger partial charge in [-0.05, 0) is 54.6 Å². The van der Waals surface area contributed by atoms with Crippen LogP contribution < -0.4 is 0 Å². The Morgan fingerprint density at radius 2 is 2.11 bits per heavy atom. The first-order valence-electron chi connectivity index (χ1n) is 5.64. The molecule has 0 radical (unpaired) electrons. The summed E-state index contributed by atoms with van der Waals surface area (Å²) in [6.45, 7) is 3.70. The van der Waals surface area contributed by atoms with Gasteiger partial charge in [0.1, 0.15) is 5.75 Å². The lowest BCUT2D eigenvalue weighted by molar-refractivity contribution is 0.104. The SMILES string of the molecule is Cc1cc(C)c(O)c(C(=O)/C=C/c2cccs2)c1. The van der Waals surface area contributed by atoms with Crippen molar-refractivity contribution < 1.29 is 9.90 Å². The fourth-order valence-electron chi connectivity index (χ4n) is 1.78. The largest absolute Gasteiger partial charge is 0.507 e. The molecule has 2 nitrogen and oxygen atoms in total. The number of benzene rings is 1. The van der Waals surface area contributed by atoms with Gasteiger partial charge in [-0.1, -0.05) is 12.1 Å². The molecule has 2 aromatic rings. The number of carbonyl (C=O) groups is 1. The van der Waals surface area contributed by atoms with Gasteiger partial charge in [-0.3, -0.25) is 4.79 Å². The second kappa shape index (κ2) is 5.19. The molecule has 0 amide bonds. The maximum atomic E-state index is 12.0. The molecule has 2 rings (SSSR count). The molecule has 0 saturated carbocycles. The molecule has 0 saturated heterocycles. The Morgan fingerprint density at radius 3 is 2.78 bits per heavy atom. The van der Waals surface area contributed by atoms with Crippen LogP contribution in [0.4, 0.5) is 0 Å². The molecule has 3 heteroatoms. The quantitative estimate of drug-likeness (QED) is 0.668. The van der Waals surface area contributed by atoms with Crippen molar-refractivity contribution in [3.8, 4) is 5.75 Å². The first-order chi connectivity index (χ1) is 8.58. The van der Waals surface area contributed by atoms with E-state index in [-0.39, 0.29) is 11.5 Å². The molecule has 0 aliphatic rings. The molecular weight excluding hydrogens is 244 g/mol. The molecule has 0 atom stereocenters. The van der Waals surface area contributed by atoms with Crippen LogP contribution >= 0.6 is 11.3 Å². The van der Waals surface area contributed by atoms with Crippen LogP contribution in [0.25, 0.3) is 6.08 Å². The van der Waals surface area contributed by atoms with Crippen molar-refractivity contribution in [3.05, 3.63) is 57.3 Å². The number of phenols is 1. The molecule has 0 fully saturated rings. The van der Waals surface area contributed by atoms with E-state index in [1.807, 2.05) is 30.5 Å². The average Bonchev–Trinajstić information content (AvgIpc) is 2.83. The van der Waals surface area contributed by atoms with Crippen LogP contribution in [0, 0.1) is 13.8 Å². The van der Waals surface area contributed by atoms with Crippen LogP contribution in [-0.4, -0.2) is 10.9 Å². The van der Waals surface area contributed by atoms with Crippen molar-refractivity contribution in [3.63, 3.8) is 0 Å². The highest BCUT2D eigenvalue weighted by atomic mass is 32.1. The van der Waals surface area contributed by atoms with Crippen LogP contribution in [-0.2, 0) is 0 Å². The van der Waals surface area contributed by atoms with E-state index in [9.17, 15) is 9.90 Å². The molecule has 92 valence electrons. The topological polar surface area (TPSA) is 37.3 Å². The number of hydrogen-bond donors (Lipinski definition) is 1. The van der Waals surface area contributed by atoms with Crippen molar-refractivity contribution in [2.24, 2.45) is 0 Å². The van der Waals surface area contributed by atoms with Crippen LogP contribution in [0.2, 0.25) is 0 Å². The fraction of sp³-hybridized carbons (Fsp3) is 0.133. The van der Waals surface area contributed by atoms with E-state index in [1.54, 1.807) is 30.4 Å². The number of phenolic OH excluding ortho intramolecular Hbond substituents is 1. The molecule has 1 heterocycles. The van der Waals surface area contributed by atoms with Crippen molar-refractivity contribution in [1.29, 1.82) is 0 Å². The Bertz CT molecular complexity index is 595. The number of aromatic hydroxyl groups is 1. The summed E-state index contributed by atoms with van der Waals surface area (Å²) >= 11 is 1.57. The number of carbonyl (C=O) groups excluding carboxylic acids is 1. The summed E-state index contributed by atoms with van der Waals surface area (Å²) in [5.41, 5.74) is 2.06. The van der Waals surface area contributed by atoms with Crippen LogP contribution in [0.3, 0.4) is 0 Å². The van der Waals surface area contributed by atoms with Crippen molar-refractivity contribution in [2.45, 2.75) is 13.8 Å². The predicted octanol–water partition coefficient (Wildman–Crippen LogP) is 3.97. The zero-order valence-corrected chi connectivity index (χ0v) is 11.1. The lowest BCUT2D eigenvalue weighted by Gasteiger charge is -2.05. The molecule has 0 unspecified atom stereocenters. The number of ketones is 1. The minimum Gasteiger partial charge on any atom is -0.507 e. The van der Waals surface area contributed by atoms with Gasteiger partial charge >= 0.3 is 0 Å². The molecule has 1 aromatic carbocycles. The van der Waals surface area contributed by atoms with Crippen LogP contribution in [0.1, 0.15) is 26.4 Å². The normalized spacial score (nSPS) is 11.0. The summed E-state index contributed by atoms with van der Waals surface area (Å²) in [4.78, 5) is 13.0. The molecule has 0 spiro atoms. The summed E-state index contributed by atoms with van der Waals surface area (Å²) in [5, 5.41) is 11.9. The van der Waals surface area contributed by atoms with Gasteiger partial charge in [0, 0.05) is 4.88 Å². The van der Waals surface area contributed by atoms with Crippen molar-refractivity contribution >= 4 is 23.2 Å². The van der Waals surface area contributed by atoms with Crippen molar-refractivity contribution in [2.75, 3.05) is 0 Å². The third-order valence-corrected chi connectivity index (χ3v) is 3.49. The van der Waals surface area contributed by atoms with E-state index < -0.39 is 0 Å². The van der Waals surface area contributed by atoms with Gasteiger partial charge in [-0.2, -0.15) is 0 Å². The van der Waals surface area contributed by atoms with E-state index in [1.165, 1.54) is 6.08 Å². The highest BCUT2D eigenvalue weighted by Gasteiger charge is 2.11. The Balaban J connectivity index is 2.29. The smallest absolute Gasteiger partial charge is 0.189 e. The van der Waals surface area contributed by atoms with E-state index in [2.05, 4.69) is 0 Å². The van der Waals surface area contributed by atoms with Crippen LogP contribution in [0.5, 0.6) is 5.75 Å². The lowest BCUT2D eigenvalue weighted by atomic mass is 10.0. The Kier molecular flexibility index (Phi) is 3.63. The Hall–Kier alpha value is -1.87. The number of hydrogen-bond acceptors (Lipinski definition) is 3.